The Balaban J connectivity index is 3.25. The maximum Gasteiger partial charge on any atom is 0.126 e. The van der Waals surface area contributed by atoms with E-state index in [-0.39, 0.29) is 17.9 Å². The van der Waals surface area contributed by atoms with E-state index in [1.54, 1.807) is 20.1 Å². The van der Waals surface area contributed by atoms with Gasteiger partial charge in [-0.2, -0.15) is 0 Å². The molecule has 0 saturated heterocycles. The molecule has 0 aliphatic rings. The molecule has 19 heavy (non-hydrogen) atoms. The molecule has 0 fully saturated rings. The summed E-state index contributed by atoms with van der Waals surface area (Å²) >= 11 is 0. The quantitative estimate of drug-likeness (QED) is 0.862. The molecule has 2 unspecified atom stereocenters. The molecule has 0 radical (unpaired) electrons. The van der Waals surface area contributed by atoms with E-state index in [9.17, 15) is 4.39 Å². The van der Waals surface area contributed by atoms with Crippen molar-refractivity contribution in [2.45, 2.75) is 39.8 Å². The van der Waals surface area contributed by atoms with E-state index in [1.165, 1.54) is 0 Å². The topological polar surface area (TPSA) is 38.5 Å². The van der Waals surface area contributed by atoms with Crippen molar-refractivity contribution in [2.24, 2.45) is 5.73 Å². The number of methoxy groups -OCH3 is 1. The highest BCUT2D eigenvalue weighted by Gasteiger charge is 2.19. The molecule has 0 aliphatic heterocycles. The lowest BCUT2D eigenvalue weighted by molar-refractivity contribution is 0.182. The highest BCUT2D eigenvalue weighted by Crippen LogP contribution is 2.29. The second kappa shape index (κ2) is 6.87. The van der Waals surface area contributed by atoms with Gasteiger partial charge in [0.25, 0.3) is 0 Å². The zero-order chi connectivity index (χ0) is 14.6. The first kappa shape index (κ1) is 15.9. The molecular formula is C15H25FN2O. The van der Waals surface area contributed by atoms with Crippen LogP contribution in [0.15, 0.2) is 12.1 Å². The highest BCUT2D eigenvalue weighted by atomic mass is 19.1. The molecule has 1 rings (SSSR count). The van der Waals surface area contributed by atoms with E-state index in [0.29, 0.717) is 12.2 Å². The SMILES string of the molecule is CCN(c1cc(C)c(F)cc1C(C)N)C(C)COC. The minimum Gasteiger partial charge on any atom is -0.383 e. The number of hydrogen-bond donors (Lipinski definition) is 1. The summed E-state index contributed by atoms with van der Waals surface area (Å²) in [7, 11) is 1.69. The van der Waals surface area contributed by atoms with Crippen LogP contribution in [-0.2, 0) is 4.74 Å². The fourth-order valence-corrected chi connectivity index (χ4v) is 2.35. The molecule has 0 heterocycles. The maximum atomic E-state index is 13.7. The van der Waals surface area contributed by atoms with Gasteiger partial charge in [-0.3, -0.25) is 0 Å². The largest absolute Gasteiger partial charge is 0.383 e. The molecule has 0 amide bonds. The van der Waals surface area contributed by atoms with Crippen molar-refractivity contribution in [1.82, 2.24) is 0 Å². The van der Waals surface area contributed by atoms with Gasteiger partial charge in [0.15, 0.2) is 0 Å². The number of benzene rings is 1. The average Bonchev–Trinajstić information content (AvgIpc) is 2.34. The first-order valence-electron chi connectivity index (χ1n) is 6.73. The number of nitrogens with zero attached hydrogens (tertiary/aromatic N) is 1. The summed E-state index contributed by atoms with van der Waals surface area (Å²) < 4.78 is 19.0. The number of nitrogens with two attached hydrogens (primary N) is 1. The second-order valence-electron chi connectivity index (χ2n) is 5.04. The lowest BCUT2D eigenvalue weighted by Gasteiger charge is -2.32. The Morgan fingerprint density at radius 2 is 2.00 bits per heavy atom. The number of hydrogen-bond acceptors (Lipinski definition) is 3. The fourth-order valence-electron chi connectivity index (χ4n) is 2.35. The van der Waals surface area contributed by atoms with Crippen molar-refractivity contribution < 1.29 is 9.13 Å². The van der Waals surface area contributed by atoms with E-state index in [0.717, 1.165) is 17.8 Å². The van der Waals surface area contributed by atoms with Gasteiger partial charge in [-0.1, -0.05) is 0 Å². The van der Waals surface area contributed by atoms with Crippen molar-refractivity contribution in [1.29, 1.82) is 0 Å². The molecule has 0 saturated carbocycles. The van der Waals surface area contributed by atoms with E-state index < -0.39 is 0 Å². The van der Waals surface area contributed by atoms with Crippen LogP contribution in [0.1, 0.15) is 37.9 Å². The van der Waals surface area contributed by atoms with Crippen LogP contribution >= 0.6 is 0 Å². The highest BCUT2D eigenvalue weighted by molar-refractivity contribution is 5.57. The number of likely N-dealkylation sites (N-methyl/N-ethyl adjacent to an activating group) is 1. The molecule has 4 heteroatoms. The summed E-state index contributed by atoms with van der Waals surface area (Å²) in [5, 5.41) is 0. The van der Waals surface area contributed by atoms with Gasteiger partial charge in [0.1, 0.15) is 5.82 Å². The monoisotopic (exact) mass is 268 g/mol. The van der Waals surface area contributed by atoms with Gasteiger partial charge in [0, 0.05) is 31.4 Å². The molecular weight excluding hydrogens is 243 g/mol. The predicted molar refractivity (Wildman–Crippen MR) is 78.1 cm³/mol. The third-order valence-corrected chi connectivity index (χ3v) is 3.39. The second-order valence-corrected chi connectivity index (χ2v) is 5.04. The summed E-state index contributed by atoms with van der Waals surface area (Å²) in [4.78, 5) is 2.20. The smallest absolute Gasteiger partial charge is 0.126 e. The molecule has 0 aliphatic carbocycles. The Kier molecular flexibility index (Phi) is 5.76. The summed E-state index contributed by atoms with van der Waals surface area (Å²) in [6.45, 7) is 9.28. The summed E-state index contributed by atoms with van der Waals surface area (Å²) in [5.74, 6) is -0.202. The lowest BCUT2D eigenvalue weighted by Crippen LogP contribution is -2.37. The van der Waals surface area contributed by atoms with Gasteiger partial charge >= 0.3 is 0 Å². The number of rotatable bonds is 6. The Morgan fingerprint density at radius 3 is 2.47 bits per heavy atom. The van der Waals surface area contributed by atoms with Crippen LogP contribution in [0.3, 0.4) is 0 Å². The maximum absolute atomic E-state index is 13.7. The lowest BCUT2D eigenvalue weighted by atomic mass is 10.0. The average molecular weight is 268 g/mol. The molecule has 1 aromatic carbocycles. The molecule has 0 bridgehead atoms. The van der Waals surface area contributed by atoms with Gasteiger partial charge in [-0.15, -0.1) is 0 Å². The third-order valence-electron chi connectivity index (χ3n) is 3.39. The van der Waals surface area contributed by atoms with Crippen LogP contribution in [0.5, 0.6) is 0 Å². The summed E-state index contributed by atoms with van der Waals surface area (Å²) in [6.07, 6.45) is 0. The standard InChI is InChI=1S/C15H25FN2O/c1-6-18(11(3)9-19-5)15-7-10(2)14(16)8-13(15)12(4)17/h7-8,11-12H,6,9,17H2,1-5H3. The van der Waals surface area contributed by atoms with Crippen molar-refractivity contribution in [3.05, 3.63) is 29.1 Å². The molecule has 3 nitrogen and oxygen atoms in total. The summed E-state index contributed by atoms with van der Waals surface area (Å²) in [5.41, 5.74) is 8.46. The van der Waals surface area contributed by atoms with Crippen molar-refractivity contribution in [2.75, 3.05) is 25.2 Å². The fraction of sp³-hybridized carbons (Fsp3) is 0.600. The van der Waals surface area contributed by atoms with Crippen LogP contribution < -0.4 is 10.6 Å². The van der Waals surface area contributed by atoms with Crippen LogP contribution in [0, 0.1) is 12.7 Å². The van der Waals surface area contributed by atoms with E-state index in [4.69, 9.17) is 10.5 Å². The van der Waals surface area contributed by atoms with Gasteiger partial charge in [0.2, 0.25) is 0 Å². The van der Waals surface area contributed by atoms with Crippen LogP contribution in [0.4, 0.5) is 10.1 Å². The zero-order valence-electron chi connectivity index (χ0n) is 12.5. The Labute approximate surface area is 115 Å². The van der Waals surface area contributed by atoms with Gasteiger partial charge in [0.05, 0.1) is 6.61 Å². The van der Waals surface area contributed by atoms with Crippen LogP contribution in [-0.4, -0.2) is 26.3 Å². The van der Waals surface area contributed by atoms with E-state index >= 15 is 0 Å². The predicted octanol–water partition coefficient (Wildman–Crippen LogP) is 3.02. The molecule has 1 aromatic rings. The van der Waals surface area contributed by atoms with Gasteiger partial charge in [-0.25, -0.2) is 4.39 Å². The van der Waals surface area contributed by atoms with Gasteiger partial charge < -0.3 is 15.4 Å². The minimum absolute atomic E-state index is 0.200. The molecule has 2 atom stereocenters. The molecule has 0 aromatic heterocycles. The first-order chi connectivity index (χ1) is 8.92. The Hall–Kier alpha value is -1.13. The number of halogens is 1. The number of ether oxygens (including phenoxy) is 1. The van der Waals surface area contributed by atoms with Crippen molar-refractivity contribution in [3.8, 4) is 0 Å². The zero-order valence-corrected chi connectivity index (χ0v) is 12.5. The number of aryl methyl sites for hydroxylation is 1. The van der Waals surface area contributed by atoms with Crippen molar-refractivity contribution >= 4 is 5.69 Å². The third kappa shape index (κ3) is 3.67. The van der Waals surface area contributed by atoms with Crippen LogP contribution in [0.25, 0.3) is 0 Å². The normalized spacial score (nSPS) is 14.3. The Bertz CT molecular complexity index is 421. The minimum atomic E-state index is -0.202. The number of anilines is 1. The van der Waals surface area contributed by atoms with Gasteiger partial charge in [-0.05, 0) is 51.0 Å². The summed E-state index contributed by atoms with van der Waals surface area (Å²) in [6, 6.07) is 3.45. The first-order valence-corrected chi connectivity index (χ1v) is 6.73. The van der Waals surface area contributed by atoms with Crippen LogP contribution in [0.2, 0.25) is 0 Å². The molecule has 108 valence electrons. The molecule has 0 spiro atoms. The van der Waals surface area contributed by atoms with Crippen molar-refractivity contribution in [3.63, 3.8) is 0 Å². The molecule has 2 N–H and O–H groups in total. The van der Waals surface area contributed by atoms with E-state index in [2.05, 4.69) is 18.7 Å². The Morgan fingerprint density at radius 1 is 1.37 bits per heavy atom. The van der Waals surface area contributed by atoms with E-state index in [1.807, 2.05) is 13.0 Å².